The Hall–Kier alpha value is -4.51. The molecule has 2 heterocycles. The number of furan rings is 1. The molecule has 0 radical (unpaired) electrons. The predicted octanol–water partition coefficient (Wildman–Crippen LogP) is 4.41. The monoisotopic (exact) mass is 564 g/mol. The first-order valence-corrected chi connectivity index (χ1v) is 13.6. The second-order valence-corrected chi connectivity index (χ2v) is 9.46. The minimum atomic E-state index is -1.13. The summed E-state index contributed by atoms with van der Waals surface area (Å²) in [5.41, 5.74) is 1.30. The van der Waals surface area contributed by atoms with E-state index in [0.717, 1.165) is 24.8 Å². The van der Waals surface area contributed by atoms with Crippen molar-refractivity contribution in [3.05, 3.63) is 77.8 Å². The molecule has 3 rings (SSSR count). The number of benzene rings is 1. The van der Waals surface area contributed by atoms with E-state index in [9.17, 15) is 19.2 Å². The van der Waals surface area contributed by atoms with E-state index >= 15 is 0 Å². The Bertz CT molecular complexity index is 1290. The largest absolute Gasteiger partial charge is 0.478 e. The number of aromatic nitrogens is 1. The Morgan fingerprint density at radius 2 is 1.85 bits per heavy atom. The van der Waals surface area contributed by atoms with Gasteiger partial charge in [-0.15, -0.1) is 0 Å². The Morgan fingerprint density at radius 3 is 2.54 bits per heavy atom. The van der Waals surface area contributed by atoms with Gasteiger partial charge >= 0.3 is 5.97 Å². The highest BCUT2D eigenvalue weighted by molar-refractivity contribution is 5.92. The van der Waals surface area contributed by atoms with Gasteiger partial charge in [0.2, 0.25) is 12.3 Å². The fourth-order valence-corrected chi connectivity index (χ4v) is 4.42. The Labute approximate surface area is 238 Å². The predicted molar refractivity (Wildman–Crippen MR) is 150 cm³/mol. The number of unbranched alkanes of at least 4 members (excludes halogenated alkanes) is 2. The molecule has 11 heteroatoms. The summed E-state index contributed by atoms with van der Waals surface area (Å²) in [6.45, 7) is 4.00. The van der Waals surface area contributed by atoms with Crippen LogP contribution in [0.5, 0.6) is 0 Å². The molecule has 0 fully saturated rings. The van der Waals surface area contributed by atoms with E-state index in [-0.39, 0.29) is 36.3 Å². The number of hydrogen-bond acceptors (Lipinski definition) is 7. The maximum absolute atomic E-state index is 13.3. The highest BCUT2D eigenvalue weighted by atomic mass is 16.7. The molecule has 0 saturated carbocycles. The smallest absolute Gasteiger partial charge is 0.337 e. The topological polar surface area (TPSA) is 151 Å². The summed E-state index contributed by atoms with van der Waals surface area (Å²) in [6.07, 6.45) is 7.02. The average Bonchev–Trinajstić information content (AvgIpc) is 3.49. The van der Waals surface area contributed by atoms with Crippen LogP contribution < -0.4 is 10.6 Å². The third kappa shape index (κ3) is 9.00. The standard InChI is InChI=1S/C30H36N4O7/c1-3-5-7-12-24(25(4-2)34(20-35)40-18-21-10-8-6-9-11-21)28(36)32-19-33-29(37)27-14-13-26(41-27)22-15-23(30(38)39)17-31-16-22/h6,8-11,13-17,20,24-25H,3-5,7,12,18-19H2,1-2H3,(H,32,36)(H,33,37)(H,38,39)/t24?,25-/m1/s1. The maximum atomic E-state index is 13.3. The van der Waals surface area contributed by atoms with Crippen molar-refractivity contribution in [3.8, 4) is 11.3 Å². The average molecular weight is 565 g/mol. The van der Waals surface area contributed by atoms with Crippen molar-refractivity contribution in [2.45, 2.75) is 58.6 Å². The van der Waals surface area contributed by atoms with Crippen LogP contribution in [0.4, 0.5) is 0 Å². The molecule has 41 heavy (non-hydrogen) atoms. The van der Waals surface area contributed by atoms with Gasteiger partial charge in [-0.1, -0.05) is 63.4 Å². The Balaban J connectivity index is 1.61. The molecule has 11 nitrogen and oxygen atoms in total. The van der Waals surface area contributed by atoms with E-state index in [4.69, 9.17) is 14.4 Å². The summed E-state index contributed by atoms with van der Waals surface area (Å²) in [6, 6.07) is 13.3. The molecular formula is C30H36N4O7. The van der Waals surface area contributed by atoms with Gasteiger partial charge in [0.05, 0.1) is 24.2 Å². The molecule has 1 unspecified atom stereocenters. The summed E-state index contributed by atoms with van der Waals surface area (Å²) in [5, 5.41) is 15.7. The molecule has 0 aliphatic heterocycles. The van der Waals surface area contributed by atoms with Gasteiger partial charge in [-0.05, 0) is 36.6 Å². The molecule has 3 aromatic rings. The molecule has 218 valence electrons. The number of carboxylic acid groups (broad SMARTS) is 1. The molecule has 0 aliphatic rings. The Kier molecular flexibility index (Phi) is 12.0. The summed E-state index contributed by atoms with van der Waals surface area (Å²) < 4.78 is 5.58. The molecule has 0 saturated heterocycles. The SMILES string of the molecule is CCCCCC(C(=O)NCNC(=O)c1ccc(-c2cncc(C(=O)O)c2)o1)[C@@H](CC)N(C=O)OCc1ccccc1. The molecule has 0 bridgehead atoms. The van der Waals surface area contributed by atoms with Crippen LogP contribution in [0.25, 0.3) is 11.3 Å². The summed E-state index contributed by atoms with van der Waals surface area (Å²) in [7, 11) is 0. The highest BCUT2D eigenvalue weighted by Gasteiger charge is 2.32. The second-order valence-electron chi connectivity index (χ2n) is 9.46. The molecule has 0 spiro atoms. The molecular weight excluding hydrogens is 528 g/mol. The third-order valence-corrected chi connectivity index (χ3v) is 6.60. The maximum Gasteiger partial charge on any atom is 0.337 e. The van der Waals surface area contributed by atoms with Crippen LogP contribution in [-0.4, -0.2) is 52.1 Å². The molecule has 2 aromatic heterocycles. The zero-order valence-corrected chi connectivity index (χ0v) is 23.2. The van der Waals surface area contributed by atoms with Crippen molar-refractivity contribution in [2.75, 3.05) is 6.67 Å². The molecule has 3 N–H and O–H groups in total. The third-order valence-electron chi connectivity index (χ3n) is 6.60. The molecule has 0 aliphatic carbocycles. The fourth-order valence-electron chi connectivity index (χ4n) is 4.42. The number of hydroxylamine groups is 2. The van der Waals surface area contributed by atoms with E-state index in [1.54, 1.807) is 0 Å². The van der Waals surface area contributed by atoms with Gasteiger partial charge in [-0.25, -0.2) is 9.86 Å². The van der Waals surface area contributed by atoms with E-state index in [0.29, 0.717) is 24.8 Å². The fraction of sp³-hybridized carbons (Fsp3) is 0.367. The van der Waals surface area contributed by atoms with Crippen LogP contribution in [0, 0.1) is 5.92 Å². The van der Waals surface area contributed by atoms with Crippen molar-refractivity contribution in [1.82, 2.24) is 20.7 Å². The van der Waals surface area contributed by atoms with Gasteiger partial charge in [0.15, 0.2) is 5.76 Å². The second kappa shape index (κ2) is 15.9. The lowest BCUT2D eigenvalue weighted by atomic mass is 9.90. The minimum Gasteiger partial charge on any atom is -0.478 e. The number of hydrogen-bond donors (Lipinski definition) is 3. The quantitative estimate of drug-likeness (QED) is 0.0944. The van der Waals surface area contributed by atoms with Crippen LogP contribution >= 0.6 is 0 Å². The summed E-state index contributed by atoms with van der Waals surface area (Å²) >= 11 is 0. The van der Waals surface area contributed by atoms with Gasteiger partial charge < -0.3 is 20.2 Å². The first-order valence-electron chi connectivity index (χ1n) is 13.6. The van der Waals surface area contributed by atoms with E-state index < -0.39 is 23.8 Å². The number of carboxylic acids is 1. The van der Waals surface area contributed by atoms with Crippen molar-refractivity contribution in [2.24, 2.45) is 5.92 Å². The number of carbonyl (C=O) groups is 4. The molecule has 1 aromatic carbocycles. The zero-order valence-electron chi connectivity index (χ0n) is 23.2. The number of rotatable bonds is 17. The van der Waals surface area contributed by atoms with Crippen LogP contribution in [0.3, 0.4) is 0 Å². The van der Waals surface area contributed by atoms with E-state index in [1.165, 1.54) is 35.7 Å². The number of amides is 3. The number of nitrogens with one attached hydrogen (secondary N) is 2. The van der Waals surface area contributed by atoms with Crippen LogP contribution in [0.2, 0.25) is 0 Å². The van der Waals surface area contributed by atoms with E-state index in [2.05, 4.69) is 22.5 Å². The first-order chi connectivity index (χ1) is 19.9. The van der Waals surface area contributed by atoms with Crippen molar-refractivity contribution < 1.29 is 33.5 Å². The lowest BCUT2D eigenvalue weighted by Crippen LogP contribution is -2.48. The lowest BCUT2D eigenvalue weighted by molar-refractivity contribution is -0.200. The number of carbonyl (C=O) groups excluding carboxylic acids is 3. The Morgan fingerprint density at radius 1 is 1.07 bits per heavy atom. The number of pyridine rings is 1. The molecule has 2 atom stereocenters. The summed E-state index contributed by atoms with van der Waals surface area (Å²) in [4.78, 5) is 58.8. The zero-order chi connectivity index (χ0) is 29.6. The lowest BCUT2D eigenvalue weighted by Gasteiger charge is -2.32. The van der Waals surface area contributed by atoms with Crippen molar-refractivity contribution >= 4 is 24.2 Å². The van der Waals surface area contributed by atoms with Crippen LogP contribution in [0.1, 0.15) is 72.4 Å². The highest BCUT2D eigenvalue weighted by Crippen LogP contribution is 2.24. The van der Waals surface area contributed by atoms with Crippen LogP contribution in [-0.2, 0) is 21.0 Å². The minimum absolute atomic E-state index is 0.00917. The van der Waals surface area contributed by atoms with Crippen molar-refractivity contribution in [1.29, 1.82) is 0 Å². The van der Waals surface area contributed by atoms with Crippen molar-refractivity contribution in [3.63, 3.8) is 0 Å². The van der Waals surface area contributed by atoms with Gasteiger partial charge in [0.25, 0.3) is 5.91 Å². The molecule has 3 amide bonds. The normalized spacial score (nSPS) is 12.2. The summed E-state index contributed by atoms with van der Waals surface area (Å²) in [5.74, 6) is -2.27. The number of nitrogens with zero attached hydrogens (tertiary/aromatic N) is 2. The first kappa shape index (κ1) is 31.0. The van der Waals surface area contributed by atoms with E-state index in [1.807, 2.05) is 37.3 Å². The van der Waals surface area contributed by atoms with Gasteiger partial charge in [0, 0.05) is 18.0 Å². The van der Waals surface area contributed by atoms with Gasteiger partial charge in [-0.3, -0.25) is 24.2 Å². The van der Waals surface area contributed by atoms with Gasteiger partial charge in [-0.2, -0.15) is 0 Å². The van der Waals surface area contributed by atoms with Crippen LogP contribution in [0.15, 0.2) is 65.3 Å². The van der Waals surface area contributed by atoms with Gasteiger partial charge in [0.1, 0.15) is 12.4 Å². The number of aromatic carboxylic acids is 1.